The second-order valence-corrected chi connectivity index (χ2v) is 8.34. The van der Waals surface area contributed by atoms with Crippen LogP contribution in [0.4, 0.5) is 0 Å². The molecule has 134 valence electrons. The number of ether oxygens (including phenoxy) is 2. The van der Waals surface area contributed by atoms with E-state index in [2.05, 4.69) is 15.0 Å². The summed E-state index contributed by atoms with van der Waals surface area (Å²) < 4.78 is 39.9. The van der Waals surface area contributed by atoms with Gasteiger partial charge >= 0.3 is 0 Å². The monoisotopic (exact) mass is 365 g/mol. The zero-order valence-electron chi connectivity index (χ0n) is 13.8. The van der Waals surface area contributed by atoms with Gasteiger partial charge in [0.2, 0.25) is 5.88 Å². The van der Waals surface area contributed by atoms with Gasteiger partial charge in [-0.05, 0) is 0 Å². The van der Waals surface area contributed by atoms with E-state index in [0.29, 0.717) is 32.0 Å². The fourth-order valence-corrected chi connectivity index (χ4v) is 4.80. The minimum absolute atomic E-state index is 0.0630. The van der Waals surface area contributed by atoms with Crippen LogP contribution in [0.3, 0.4) is 0 Å². The van der Waals surface area contributed by atoms with E-state index in [9.17, 15) is 8.42 Å². The number of aromatic nitrogens is 4. The Bertz CT molecular complexity index is 848. The van der Waals surface area contributed by atoms with Crippen molar-refractivity contribution in [3.05, 3.63) is 31.1 Å². The van der Waals surface area contributed by atoms with E-state index in [1.165, 1.54) is 16.8 Å². The lowest BCUT2D eigenvalue weighted by Crippen LogP contribution is -2.67. The normalized spacial score (nSPS) is 23.3. The van der Waals surface area contributed by atoms with Crippen molar-refractivity contribution in [1.29, 1.82) is 0 Å². The summed E-state index contributed by atoms with van der Waals surface area (Å²) in [5.74, 6) is 0.474. The highest BCUT2D eigenvalue weighted by Gasteiger charge is 2.52. The van der Waals surface area contributed by atoms with E-state index in [0.717, 1.165) is 6.42 Å². The molecule has 4 heterocycles. The summed E-state index contributed by atoms with van der Waals surface area (Å²) in [5.41, 5.74) is -0.493. The predicted octanol–water partition coefficient (Wildman–Crippen LogP) is 0.211. The first kappa shape index (κ1) is 16.4. The van der Waals surface area contributed by atoms with E-state index >= 15 is 0 Å². The molecule has 2 aromatic rings. The molecule has 0 amide bonds. The molecule has 0 unspecified atom stereocenters. The fourth-order valence-electron chi connectivity index (χ4n) is 3.24. The SMILES string of the molecule is Cn1cnc(S(=O)(=O)N2CC3(C[C@@H](Oc4cnccn4)CCO3)C2)c1. The predicted molar refractivity (Wildman–Crippen MR) is 86.3 cm³/mol. The third-order valence-corrected chi connectivity index (χ3v) is 6.17. The quantitative estimate of drug-likeness (QED) is 0.764. The molecular formula is C15H19N5O4S. The molecule has 2 aliphatic rings. The molecule has 0 saturated carbocycles. The molecule has 2 aliphatic heterocycles. The fraction of sp³-hybridized carbons (Fsp3) is 0.533. The largest absolute Gasteiger partial charge is 0.473 e. The minimum atomic E-state index is -3.57. The van der Waals surface area contributed by atoms with E-state index < -0.39 is 15.6 Å². The summed E-state index contributed by atoms with van der Waals surface area (Å²) in [7, 11) is -1.84. The van der Waals surface area contributed by atoms with Gasteiger partial charge in [-0.15, -0.1) is 0 Å². The Morgan fingerprint density at radius 1 is 1.32 bits per heavy atom. The number of rotatable bonds is 4. The van der Waals surface area contributed by atoms with Gasteiger partial charge in [0.15, 0.2) is 5.03 Å². The van der Waals surface area contributed by atoms with Gasteiger partial charge in [-0.25, -0.2) is 18.4 Å². The van der Waals surface area contributed by atoms with Crippen molar-refractivity contribution in [2.75, 3.05) is 19.7 Å². The highest BCUT2D eigenvalue weighted by atomic mass is 32.2. The van der Waals surface area contributed by atoms with Crippen LogP contribution in [0.15, 0.2) is 36.1 Å². The van der Waals surface area contributed by atoms with Crippen molar-refractivity contribution in [1.82, 2.24) is 23.8 Å². The molecular weight excluding hydrogens is 346 g/mol. The molecule has 0 radical (unpaired) electrons. The lowest BCUT2D eigenvalue weighted by atomic mass is 9.86. The lowest BCUT2D eigenvalue weighted by Gasteiger charge is -2.51. The molecule has 2 aromatic heterocycles. The summed E-state index contributed by atoms with van der Waals surface area (Å²) in [6, 6.07) is 0. The summed E-state index contributed by atoms with van der Waals surface area (Å²) in [6.07, 6.45) is 9.01. The van der Waals surface area contributed by atoms with Gasteiger partial charge in [0.05, 0.1) is 24.7 Å². The smallest absolute Gasteiger partial charge is 0.262 e. The maximum Gasteiger partial charge on any atom is 0.262 e. The van der Waals surface area contributed by atoms with Crippen LogP contribution in [0.5, 0.6) is 5.88 Å². The average Bonchev–Trinajstić information content (AvgIpc) is 3.01. The lowest BCUT2D eigenvalue weighted by molar-refractivity contribution is -0.165. The van der Waals surface area contributed by atoms with Gasteiger partial charge < -0.3 is 14.0 Å². The summed E-state index contributed by atoms with van der Waals surface area (Å²) >= 11 is 0. The molecule has 0 N–H and O–H groups in total. The Morgan fingerprint density at radius 2 is 2.16 bits per heavy atom. The Kier molecular flexibility index (Phi) is 3.97. The molecule has 2 fully saturated rings. The zero-order chi connectivity index (χ0) is 17.5. The van der Waals surface area contributed by atoms with Crippen LogP contribution < -0.4 is 4.74 Å². The molecule has 1 spiro atoms. The number of sulfonamides is 1. The van der Waals surface area contributed by atoms with Crippen LogP contribution >= 0.6 is 0 Å². The first-order chi connectivity index (χ1) is 12.0. The van der Waals surface area contributed by atoms with Crippen LogP contribution in [0, 0.1) is 0 Å². The van der Waals surface area contributed by atoms with Crippen molar-refractivity contribution in [3.63, 3.8) is 0 Å². The van der Waals surface area contributed by atoms with Crippen molar-refractivity contribution in [3.8, 4) is 5.88 Å². The molecule has 0 aliphatic carbocycles. The second-order valence-electron chi connectivity index (χ2n) is 6.46. The topological polar surface area (TPSA) is 99.4 Å². The highest BCUT2D eigenvalue weighted by Crippen LogP contribution is 2.38. The first-order valence-corrected chi connectivity index (χ1v) is 9.46. The standard InChI is InChI=1S/C15H19N5O4S/c1-19-8-14(18-11-19)25(21,22)20-9-15(10-20)6-12(2-5-23-15)24-13-7-16-3-4-17-13/h3-4,7-8,11-12H,2,5-6,9-10H2,1H3/t12-/m0/s1. The maximum absolute atomic E-state index is 12.6. The third kappa shape index (κ3) is 3.12. The van der Waals surface area contributed by atoms with Gasteiger partial charge in [0.25, 0.3) is 10.0 Å². The van der Waals surface area contributed by atoms with E-state index in [1.807, 2.05) is 0 Å². The van der Waals surface area contributed by atoms with Gasteiger partial charge in [0.1, 0.15) is 6.10 Å². The van der Waals surface area contributed by atoms with Crippen molar-refractivity contribution in [2.24, 2.45) is 7.05 Å². The molecule has 1 atom stereocenters. The van der Waals surface area contributed by atoms with Gasteiger partial charge in [-0.2, -0.15) is 4.31 Å². The van der Waals surface area contributed by atoms with Crippen LogP contribution in [-0.2, 0) is 21.8 Å². The van der Waals surface area contributed by atoms with E-state index in [4.69, 9.17) is 9.47 Å². The Balaban J connectivity index is 1.41. The minimum Gasteiger partial charge on any atom is -0.473 e. The number of hydrogen-bond acceptors (Lipinski definition) is 7. The molecule has 10 heteroatoms. The van der Waals surface area contributed by atoms with Crippen LogP contribution in [0.25, 0.3) is 0 Å². The Labute approximate surface area is 145 Å². The maximum atomic E-state index is 12.6. The number of aryl methyl sites for hydroxylation is 1. The number of imidazole rings is 1. The van der Waals surface area contributed by atoms with E-state index in [-0.39, 0.29) is 11.1 Å². The van der Waals surface area contributed by atoms with Gasteiger partial charge in [-0.1, -0.05) is 0 Å². The highest BCUT2D eigenvalue weighted by molar-refractivity contribution is 7.89. The molecule has 4 rings (SSSR count). The van der Waals surface area contributed by atoms with Gasteiger partial charge in [-0.3, -0.25) is 4.98 Å². The van der Waals surface area contributed by atoms with Crippen LogP contribution in [-0.4, -0.2) is 63.6 Å². The molecule has 0 bridgehead atoms. The van der Waals surface area contributed by atoms with Crippen molar-refractivity contribution >= 4 is 10.0 Å². The third-order valence-electron chi connectivity index (χ3n) is 4.49. The summed E-state index contributed by atoms with van der Waals surface area (Å²) in [4.78, 5) is 12.1. The molecule has 0 aromatic carbocycles. The average molecular weight is 365 g/mol. The number of nitrogens with zero attached hydrogens (tertiary/aromatic N) is 5. The van der Waals surface area contributed by atoms with Crippen molar-refractivity contribution < 1.29 is 17.9 Å². The first-order valence-electron chi connectivity index (χ1n) is 8.02. The number of hydrogen-bond donors (Lipinski definition) is 0. The zero-order valence-corrected chi connectivity index (χ0v) is 14.6. The molecule has 25 heavy (non-hydrogen) atoms. The van der Waals surface area contributed by atoms with Crippen LogP contribution in [0.1, 0.15) is 12.8 Å². The van der Waals surface area contributed by atoms with Crippen molar-refractivity contribution in [2.45, 2.75) is 29.6 Å². The molecule has 9 nitrogen and oxygen atoms in total. The second kappa shape index (κ2) is 6.04. The summed E-state index contributed by atoms with van der Waals surface area (Å²) in [6.45, 7) is 1.15. The summed E-state index contributed by atoms with van der Waals surface area (Å²) in [5, 5.41) is 0.0630. The molecule has 2 saturated heterocycles. The van der Waals surface area contributed by atoms with Gasteiger partial charge in [0, 0.05) is 51.6 Å². The van der Waals surface area contributed by atoms with Crippen LogP contribution in [0.2, 0.25) is 0 Å². The van der Waals surface area contributed by atoms with E-state index in [1.54, 1.807) is 30.2 Å². The Hall–Kier alpha value is -2.04. The Morgan fingerprint density at radius 3 is 2.84 bits per heavy atom.